The lowest BCUT2D eigenvalue weighted by Gasteiger charge is -2.28. The number of methoxy groups -OCH3 is 1. The van der Waals surface area contributed by atoms with Crippen LogP contribution in [0.15, 0.2) is 12.2 Å². The molecule has 1 fully saturated rings. The fourth-order valence-electron chi connectivity index (χ4n) is 2.97. The standard InChI is InChI=1S/C14H25NO2/c1-16-10-8-15-11-13-7-9-17-14(13)12-5-3-2-4-6-12/h2-3,12-15H,4-11H2,1H3. The van der Waals surface area contributed by atoms with Crippen molar-refractivity contribution in [3.8, 4) is 0 Å². The Morgan fingerprint density at radius 3 is 3.06 bits per heavy atom. The van der Waals surface area contributed by atoms with Gasteiger partial charge in [0, 0.05) is 32.7 Å². The molecule has 3 nitrogen and oxygen atoms in total. The quantitative estimate of drug-likeness (QED) is 0.568. The molecule has 1 aliphatic heterocycles. The van der Waals surface area contributed by atoms with Crippen molar-refractivity contribution in [1.29, 1.82) is 0 Å². The molecule has 1 heterocycles. The average molecular weight is 239 g/mol. The third-order valence-corrected chi connectivity index (χ3v) is 3.93. The van der Waals surface area contributed by atoms with Gasteiger partial charge in [-0.25, -0.2) is 0 Å². The second-order valence-corrected chi connectivity index (χ2v) is 5.13. The zero-order valence-corrected chi connectivity index (χ0v) is 10.9. The highest BCUT2D eigenvalue weighted by Gasteiger charge is 2.34. The predicted molar refractivity (Wildman–Crippen MR) is 69.1 cm³/mol. The van der Waals surface area contributed by atoms with Crippen LogP contribution in [0.1, 0.15) is 25.7 Å². The van der Waals surface area contributed by atoms with Gasteiger partial charge in [0.1, 0.15) is 0 Å². The molecule has 3 unspecified atom stereocenters. The maximum atomic E-state index is 5.96. The van der Waals surface area contributed by atoms with Crippen molar-refractivity contribution >= 4 is 0 Å². The van der Waals surface area contributed by atoms with Crippen molar-refractivity contribution in [2.75, 3.05) is 33.4 Å². The summed E-state index contributed by atoms with van der Waals surface area (Å²) in [5, 5.41) is 3.47. The van der Waals surface area contributed by atoms with Crippen molar-refractivity contribution in [3.63, 3.8) is 0 Å². The lowest BCUT2D eigenvalue weighted by Crippen LogP contribution is -2.35. The molecular formula is C14H25NO2. The van der Waals surface area contributed by atoms with E-state index in [0.717, 1.165) is 32.2 Å². The molecule has 98 valence electrons. The summed E-state index contributed by atoms with van der Waals surface area (Å²) in [5.74, 6) is 1.44. The van der Waals surface area contributed by atoms with E-state index in [1.54, 1.807) is 7.11 Å². The first kappa shape index (κ1) is 13.1. The van der Waals surface area contributed by atoms with Crippen LogP contribution in [0, 0.1) is 11.8 Å². The molecule has 17 heavy (non-hydrogen) atoms. The minimum absolute atomic E-state index is 0.481. The summed E-state index contributed by atoms with van der Waals surface area (Å²) in [6.45, 7) is 3.77. The van der Waals surface area contributed by atoms with Crippen LogP contribution < -0.4 is 5.32 Å². The van der Waals surface area contributed by atoms with E-state index in [0.29, 0.717) is 12.0 Å². The minimum atomic E-state index is 0.481. The molecule has 0 bridgehead atoms. The first-order valence-corrected chi connectivity index (χ1v) is 6.88. The predicted octanol–water partition coefficient (Wildman–Crippen LogP) is 1.98. The second kappa shape index (κ2) is 7.14. The summed E-state index contributed by atoms with van der Waals surface area (Å²) in [4.78, 5) is 0. The van der Waals surface area contributed by atoms with Crippen molar-refractivity contribution in [2.24, 2.45) is 11.8 Å². The summed E-state index contributed by atoms with van der Waals surface area (Å²) in [7, 11) is 1.75. The Kier molecular flexibility index (Phi) is 5.49. The summed E-state index contributed by atoms with van der Waals surface area (Å²) in [5.41, 5.74) is 0. The molecule has 1 N–H and O–H groups in total. The van der Waals surface area contributed by atoms with Crippen molar-refractivity contribution in [3.05, 3.63) is 12.2 Å². The first-order valence-electron chi connectivity index (χ1n) is 6.88. The number of allylic oxidation sites excluding steroid dienone is 2. The van der Waals surface area contributed by atoms with Crippen molar-refractivity contribution in [2.45, 2.75) is 31.8 Å². The highest BCUT2D eigenvalue weighted by Crippen LogP contribution is 2.33. The molecule has 0 amide bonds. The zero-order chi connectivity index (χ0) is 11.9. The van der Waals surface area contributed by atoms with Crippen LogP contribution in [0.4, 0.5) is 0 Å². The smallest absolute Gasteiger partial charge is 0.0647 e. The summed E-state index contributed by atoms with van der Waals surface area (Å²) >= 11 is 0. The number of hydrogen-bond acceptors (Lipinski definition) is 3. The van der Waals surface area contributed by atoms with Gasteiger partial charge in [-0.15, -0.1) is 0 Å². The van der Waals surface area contributed by atoms with Crippen molar-refractivity contribution < 1.29 is 9.47 Å². The van der Waals surface area contributed by atoms with Crippen molar-refractivity contribution in [1.82, 2.24) is 5.32 Å². The van der Waals surface area contributed by atoms with Crippen LogP contribution in [0.2, 0.25) is 0 Å². The summed E-state index contributed by atoms with van der Waals surface area (Å²) in [6.07, 6.45) is 10.1. The van der Waals surface area contributed by atoms with Gasteiger partial charge in [-0.3, -0.25) is 0 Å². The second-order valence-electron chi connectivity index (χ2n) is 5.13. The van der Waals surface area contributed by atoms with Crippen LogP contribution in [0.3, 0.4) is 0 Å². The maximum absolute atomic E-state index is 5.96. The maximum Gasteiger partial charge on any atom is 0.0647 e. The number of hydrogen-bond donors (Lipinski definition) is 1. The Morgan fingerprint density at radius 1 is 1.35 bits per heavy atom. The number of ether oxygens (including phenoxy) is 2. The van der Waals surface area contributed by atoms with Gasteiger partial charge in [0.2, 0.25) is 0 Å². The van der Waals surface area contributed by atoms with Gasteiger partial charge < -0.3 is 14.8 Å². The van der Waals surface area contributed by atoms with Crippen LogP contribution >= 0.6 is 0 Å². The molecule has 0 saturated carbocycles. The number of nitrogens with one attached hydrogen (secondary N) is 1. The van der Waals surface area contributed by atoms with E-state index in [1.807, 2.05) is 0 Å². The van der Waals surface area contributed by atoms with Gasteiger partial charge in [0.25, 0.3) is 0 Å². The molecule has 2 aliphatic rings. The average Bonchev–Trinajstić information content (AvgIpc) is 2.84. The van der Waals surface area contributed by atoms with E-state index in [4.69, 9.17) is 9.47 Å². The van der Waals surface area contributed by atoms with Gasteiger partial charge in [0.15, 0.2) is 0 Å². The van der Waals surface area contributed by atoms with E-state index in [9.17, 15) is 0 Å². The lowest BCUT2D eigenvalue weighted by molar-refractivity contribution is 0.0375. The van der Waals surface area contributed by atoms with E-state index < -0.39 is 0 Å². The molecule has 2 rings (SSSR count). The Labute approximate surface area is 105 Å². The fourth-order valence-corrected chi connectivity index (χ4v) is 2.97. The number of rotatable bonds is 6. The highest BCUT2D eigenvalue weighted by molar-refractivity contribution is 4.95. The molecule has 3 heteroatoms. The van der Waals surface area contributed by atoms with E-state index in [-0.39, 0.29) is 0 Å². The Hall–Kier alpha value is -0.380. The van der Waals surface area contributed by atoms with Gasteiger partial charge in [0.05, 0.1) is 12.7 Å². The Morgan fingerprint density at radius 2 is 2.29 bits per heavy atom. The molecule has 0 radical (unpaired) electrons. The van der Waals surface area contributed by atoms with E-state index in [2.05, 4.69) is 17.5 Å². The van der Waals surface area contributed by atoms with Crippen LogP contribution in [0.25, 0.3) is 0 Å². The van der Waals surface area contributed by atoms with Gasteiger partial charge in [-0.2, -0.15) is 0 Å². The van der Waals surface area contributed by atoms with Crippen LogP contribution in [-0.2, 0) is 9.47 Å². The van der Waals surface area contributed by atoms with Crippen LogP contribution in [-0.4, -0.2) is 39.5 Å². The summed E-state index contributed by atoms with van der Waals surface area (Å²) < 4.78 is 11.0. The molecule has 0 aromatic carbocycles. The molecule has 0 spiro atoms. The minimum Gasteiger partial charge on any atom is -0.383 e. The molecular weight excluding hydrogens is 214 g/mol. The third kappa shape index (κ3) is 3.80. The molecule has 1 saturated heterocycles. The van der Waals surface area contributed by atoms with Gasteiger partial charge >= 0.3 is 0 Å². The topological polar surface area (TPSA) is 30.5 Å². The largest absolute Gasteiger partial charge is 0.383 e. The Bertz CT molecular complexity index is 242. The van der Waals surface area contributed by atoms with E-state index >= 15 is 0 Å². The summed E-state index contributed by atoms with van der Waals surface area (Å²) in [6, 6.07) is 0. The first-order chi connectivity index (χ1) is 8.42. The van der Waals surface area contributed by atoms with E-state index in [1.165, 1.54) is 25.7 Å². The fraction of sp³-hybridized carbons (Fsp3) is 0.857. The lowest BCUT2D eigenvalue weighted by atomic mass is 9.83. The van der Waals surface area contributed by atoms with Crippen LogP contribution in [0.5, 0.6) is 0 Å². The molecule has 1 aliphatic carbocycles. The molecule has 0 aromatic heterocycles. The van der Waals surface area contributed by atoms with Gasteiger partial charge in [-0.05, 0) is 31.6 Å². The normalized spacial score (nSPS) is 33.1. The third-order valence-electron chi connectivity index (χ3n) is 3.93. The molecule has 3 atom stereocenters. The highest BCUT2D eigenvalue weighted by atomic mass is 16.5. The zero-order valence-electron chi connectivity index (χ0n) is 10.9. The van der Waals surface area contributed by atoms with Gasteiger partial charge in [-0.1, -0.05) is 12.2 Å². The molecule has 0 aromatic rings. The monoisotopic (exact) mass is 239 g/mol. The SMILES string of the molecule is COCCNCC1CCOC1C1CC=CCC1. The Balaban J connectivity index is 1.74.